The van der Waals surface area contributed by atoms with Gasteiger partial charge in [0, 0.05) is 12.8 Å². The van der Waals surface area contributed by atoms with Gasteiger partial charge in [-0.1, -0.05) is 273 Å². The van der Waals surface area contributed by atoms with E-state index in [1.54, 1.807) is 6.08 Å². The zero-order chi connectivity index (χ0) is 52.2. The minimum atomic E-state index is -0.833. The third-order valence-electron chi connectivity index (χ3n) is 13.1. The Kier molecular flexibility index (Phi) is 57.3. The lowest BCUT2D eigenvalue weighted by atomic mass is 10.0. The van der Waals surface area contributed by atoms with Crippen LogP contribution in [0.4, 0.5) is 0 Å². The van der Waals surface area contributed by atoms with Crippen LogP contribution in [-0.2, 0) is 28.6 Å². The highest BCUT2D eigenvalue weighted by Crippen LogP contribution is 2.16. The van der Waals surface area contributed by atoms with E-state index in [1.807, 2.05) is 6.08 Å². The van der Waals surface area contributed by atoms with Gasteiger partial charge < -0.3 is 14.2 Å². The normalized spacial score (nSPS) is 12.7. The second kappa shape index (κ2) is 60.1. The van der Waals surface area contributed by atoms with Crippen molar-refractivity contribution in [3.8, 4) is 0 Å². The molecule has 0 saturated heterocycles. The number of carbonyl (C=O) groups excluding carboxylic acids is 3. The Bertz CT molecular complexity index is 1380. The predicted octanol–water partition coefficient (Wildman–Crippen LogP) is 20.7. The number of hydrogen-bond donors (Lipinski definition) is 0. The summed E-state index contributed by atoms with van der Waals surface area (Å²) in [5, 5.41) is 0. The Morgan fingerprint density at radius 2 is 0.611 bits per heavy atom. The molecule has 0 aromatic heterocycles. The van der Waals surface area contributed by atoms with E-state index in [-0.39, 0.29) is 31.6 Å². The van der Waals surface area contributed by atoms with Crippen LogP contribution in [0.25, 0.3) is 0 Å². The molecule has 6 heteroatoms. The Labute approximate surface area is 445 Å². The van der Waals surface area contributed by atoms with Crippen molar-refractivity contribution >= 4 is 17.9 Å². The van der Waals surface area contributed by atoms with Gasteiger partial charge in [0.25, 0.3) is 0 Å². The second-order valence-corrected chi connectivity index (χ2v) is 20.2. The molecule has 0 radical (unpaired) electrons. The standard InChI is InChI=1S/C66H114O6/c1-4-7-10-13-16-19-22-24-26-27-28-29-30-31-32-33-34-35-36-37-38-39-41-42-44-47-50-53-56-59-65(68)71-62-63(61-70-64(67)58-55-52-49-46-21-18-15-12-9-6-3)72-66(69)60-57-54-51-48-45-43-40-25-23-20-17-14-11-8-5-2/h8,11-12,15,17,20,25,27-28,40,45,48,54,57,63H,4-7,9-10,13-14,16,18-19,21-24,26,29-39,41-44,46-47,49-53,55-56,58-62H2,1-3H3/b11-8-,15-12-,20-17-,28-27-,40-25-,48-45-,57-54-. The van der Waals surface area contributed by atoms with Crippen molar-refractivity contribution in [3.05, 3.63) is 85.1 Å². The van der Waals surface area contributed by atoms with Gasteiger partial charge in [-0.05, 0) is 89.9 Å². The molecule has 6 nitrogen and oxygen atoms in total. The molecule has 0 bridgehead atoms. The Hall–Kier alpha value is -3.41. The van der Waals surface area contributed by atoms with E-state index in [0.29, 0.717) is 12.8 Å². The minimum absolute atomic E-state index is 0.0959. The van der Waals surface area contributed by atoms with Crippen molar-refractivity contribution in [2.75, 3.05) is 13.2 Å². The summed E-state index contributed by atoms with van der Waals surface area (Å²) < 4.78 is 16.7. The van der Waals surface area contributed by atoms with Crippen LogP contribution >= 0.6 is 0 Å². The molecule has 1 unspecified atom stereocenters. The van der Waals surface area contributed by atoms with E-state index < -0.39 is 12.1 Å². The number of unbranched alkanes of at least 4 members (excludes halogenated alkanes) is 31. The van der Waals surface area contributed by atoms with E-state index in [0.717, 1.165) is 89.9 Å². The van der Waals surface area contributed by atoms with E-state index in [2.05, 4.69) is 93.7 Å². The van der Waals surface area contributed by atoms with Gasteiger partial charge in [-0.2, -0.15) is 0 Å². The minimum Gasteiger partial charge on any atom is -0.462 e. The summed E-state index contributed by atoms with van der Waals surface area (Å²) >= 11 is 0. The van der Waals surface area contributed by atoms with Gasteiger partial charge in [-0.15, -0.1) is 0 Å². The molecule has 0 aromatic carbocycles. The van der Waals surface area contributed by atoms with Crippen LogP contribution in [0.15, 0.2) is 85.1 Å². The Morgan fingerprint density at radius 3 is 0.958 bits per heavy atom. The first-order valence-electron chi connectivity index (χ1n) is 30.6. The van der Waals surface area contributed by atoms with Crippen LogP contribution in [-0.4, -0.2) is 37.2 Å². The monoisotopic (exact) mass is 1000 g/mol. The third-order valence-corrected chi connectivity index (χ3v) is 13.1. The molecule has 0 aromatic rings. The van der Waals surface area contributed by atoms with Crippen LogP contribution in [0, 0.1) is 0 Å². The predicted molar refractivity (Wildman–Crippen MR) is 311 cm³/mol. The summed E-state index contributed by atoms with van der Waals surface area (Å²) in [6.07, 6.45) is 79.3. The van der Waals surface area contributed by atoms with Gasteiger partial charge in [-0.3, -0.25) is 14.4 Å². The average Bonchev–Trinajstić information content (AvgIpc) is 3.38. The molecule has 0 N–H and O–H groups in total. The van der Waals surface area contributed by atoms with Crippen LogP contribution in [0.1, 0.15) is 297 Å². The molecule has 72 heavy (non-hydrogen) atoms. The molecule has 0 aliphatic heterocycles. The van der Waals surface area contributed by atoms with Gasteiger partial charge in [0.15, 0.2) is 6.10 Å². The molecule has 1 atom stereocenters. The van der Waals surface area contributed by atoms with Gasteiger partial charge in [0.05, 0.1) is 6.42 Å². The van der Waals surface area contributed by atoms with E-state index in [4.69, 9.17) is 14.2 Å². The molecule has 414 valence electrons. The van der Waals surface area contributed by atoms with Crippen molar-refractivity contribution < 1.29 is 28.6 Å². The van der Waals surface area contributed by atoms with Gasteiger partial charge in [0.2, 0.25) is 0 Å². The highest BCUT2D eigenvalue weighted by atomic mass is 16.6. The van der Waals surface area contributed by atoms with Crippen LogP contribution in [0.3, 0.4) is 0 Å². The van der Waals surface area contributed by atoms with E-state index in [1.165, 1.54) is 167 Å². The maximum Gasteiger partial charge on any atom is 0.310 e. The highest BCUT2D eigenvalue weighted by molar-refractivity contribution is 5.72. The molecule has 0 aliphatic carbocycles. The first-order valence-corrected chi connectivity index (χ1v) is 30.6. The lowest BCUT2D eigenvalue weighted by Crippen LogP contribution is -2.30. The topological polar surface area (TPSA) is 78.9 Å². The summed E-state index contributed by atoms with van der Waals surface area (Å²) in [7, 11) is 0. The van der Waals surface area contributed by atoms with E-state index >= 15 is 0 Å². The van der Waals surface area contributed by atoms with E-state index in [9.17, 15) is 14.4 Å². The third kappa shape index (κ3) is 57.5. The lowest BCUT2D eigenvalue weighted by Gasteiger charge is -2.18. The molecule has 0 amide bonds. The first kappa shape index (κ1) is 68.6. The fourth-order valence-corrected chi connectivity index (χ4v) is 8.58. The number of ether oxygens (including phenoxy) is 3. The largest absolute Gasteiger partial charge is 0.462 e. The summed E-state index contributed by atoms with van der Waals surface area (Å²) in [5.41, 5.74) is 0. The molecular weight excluding hydrogens is 889 g/mol. The van der Waals surface area contributed by atoms with Crippen molar-refractivity contribution in [1.82, 2.24) is 0 Å². The Balaban J connectivity index is 4.19. The van der Waals surface area contributed by atoms with Crippen molar-refractivity contribution in [2.45, 2.75) is 303 Å². The van der Waals surface area contributed by atoms with Gasteiger partial charge >= 0.3 is 17.9 Å². The molecule has 0 rings (SSSR count). The van der Waals surface area contributed by atoms with Crippen molar-refractivity contribution in [2.24, 2.45) is 0 Å². The average molecular weight is 1000 g/mol. The fraction of sp³-hybridized carbons (Fsp3) is 0.742. The van der Waals surface area contributed by atoms with Crippen molar-refractivity contribution in [3.63, 3.8) is 0 Å². The number of rotatable bonds is 55. The lowest BCUT2D eigenvalue weighted by molar-refractivity contribution is -0.166. The van der Waals surface area contributed by atoms with Crippen molar-refractivity contribution in [1.29, 1.82) is 0 Å². The summed E-state index contributed by atoms with van der Waals surface area (Å²) in [5.74, 6) is -1.05. The van der Waals surface area contributed by atoms with Crippen LogP contribution in [0.2, 0.25) is 0 Å². The van der Waals surface area contributed by atoms with Gasteiger partial charge in [0.1, 0.15) is 13.2 Å². The molecule has 0 aliphatic rings. The quantitative estimate of drug-likeness (QED) is 0.0261. The number of esters is 3. The molecule has 0 heterocycles. The zero-order valence-electron chi connectivity index (χ0n) is 47.4. The Morgan fingerprint density at radius 1 is 0.306 bits per heavy atom. The summed E-state index contributed by atoms with van der Waals surface area (Å²) in [6.45, 7) is 6.39. The van der Waals surface area contributed by atoms with Gasteiger partial charge in [-0.25, -0.2) is 0 Å². The SMILES string of the molecule is CC/C=C\C/C=C\C/C=C\C/C=C\C/C=C\CC(=O)OC(COC(=O)CCCCCCC/C=C\CCC)COC(=O)CCCCCCCCCCCCCCCCCCC/C=C\CCCCCCCCCC. The maximum atomic E-state index is 12.8. The first-order chi connectivity index (χ1) is 35.5. The molecule has 0 saturated carbocycles. The second-order valence-electron chi connectivity index (χ2n) is 20.2. The summed E-state index contributed by atoms with van der Waals surface area (Å²) in [6, 6.07) is 0. The van der Waals surface area contributed by atoms with Crippen LogP contribution in [0.5, 0.6) is 0 Å². The fourth-order valence-electron chi connectivity index (χ4n) is 8.58. The number of allylic oxidation sites excluding steroid dienone is 13. The number of carbonyl (C=O) groups is 3. The molecular formula is C66H114O6. The zero-order valence-corrected chi connectivity index (χ0v) is 47.4. The van der Waals surface area contributed by atoms with Crippen LogP contribution < -0.4 is 0 Å². The highest BCUT2D eigenvalue weighted by Gasteiger charge is 2.19. The smallest absolute Gasteiger partial charge is 0.310 e. The number of hydrogen-bond acceptors (Lipinski definition) is 6. The summed E-state index contributed by atoms with van der Waals surface area (Å²) in [4.78, 5) is 38.0. The molecule has 0 spiro atoms. The maximum absolute atomic E-state index is 12.8. The molecule has 0 fully saturated rings.